The molecule has 0 spiro atoms. The van der Waals surface area contributed by atoms with E-state index in [2.05, 4.69) is 0 Å². The van der Waals surface area contributed by atoms with Crippen LogP contribution in [-0.2, 0) is 0 Å². The minimum atomic E-state index is -1.38. The second-order valence-electron chi connectivity index (χ2n) is 6.36. The van der Waals surface area contributed by atoms with Crippen molar-refractivity contribution in [2.75, 3.05) is 7.11 Å². The summed E-state index contributed by atoms with van der Waals surface area (Å²) >= 11 is 0. The van der Waals surface area contributed by atoms with Gasteiger partial charge in [0, 0.05) is 0 Å². The summed E-state index contributed by atoms with van der Waals surface area (Å²) in [6.07, 6.45) is 3.38. The molecule has 3 rings (SSSR count). The van der Waals surface area contributed by atoms with Gasteiger partial charge in [-0.1, -0.05) is 42.5 Å². The van der Waals surface area contributed by atoms with Gasteiger partial charge in [0.05, 0.1) is 18.2 Å². The molecule has 0 bridgehead atoms. The van der Waals surface area contributed by atoms with Crippen molar-refractivity contribution in [3.8, 4) is 17.2 Å². The minimum absolute atomic E-state index is 0.0543. The predicted molar refractivity (Wildman–Crippen MR) is 112 cm³/mol. The van der Waals surface area contributed by atoms with Crippen LogP contribution in [0.1, 0.15) is 28.5 Å². The van der Waals surface area contributed by atoms with Crippen LogP contribution in [0.3, 0.4) is 0 Å². The summed E-state index contributed by atoms with van der Waals surface area (Å²) in [7, 11) is 1.48. The number of nitrogens with zero attached hydrogens (tertiary/aromatic N) is 1. The lowest BCUT2D eigenvalue weighted by Gasteiger charge is -2.12. The molecule has 0 aromatic heterocycles. The maximum Gasteiger partial charge on any atom is 0.292 e. The predicted octanol–water partition coefficient (Wildman–Crippen LogP) is 3.90. The largest absolute Gasteiger partial charge is 0.622 e. The van der Waals surface area contributed by atoms with Crippen molar-refractivity contribution >= 4 is 18.4 Å². The number of hydroxylamine groups is 1. The van der Waals surface area contributed by atoms with E-state index in [4.69, 9.17) is 4.74 Å². The molecule has 3 aromatic rings. The Hall–Kier alpha value is -3.77. The molecule has 148 valence electrons. The fraction of sp³-hybridized carbons (Fsp3) is 0.0870. The van der Waals surface area contributed by atoms with Crippen molar-refractivity contribution in [3.63, 3.8) is 0 Å². The summed E-state index contributed by atoms with van der Waals surface area (Å²) in [5, 5.41) is 42.2. The van der Waals surface area contributed by atoms with Gasteiger partial charge in [-0.3, -0.25) is 0 Å². The number of phenols is 2. The molecular weight excluding hydrogens is 370 g/mol. The van der Waals surface area contributed by atoms with Gasteiger partial charge in [-0.25, -0.2) is 0 Å². The first kappa shape index (κ1) is 20.0. The number of aliphatic hydroxyl groups excluding tert-OH is 1. The average Bonchev–Trinajstić information content (AvgIpc) is 2.75. The number of hydrogen-bond donors (Lipinski definition) is 3. The molecule has 1 atom stereocenters. The van der Waals surface area contributed by atoms with Gasteiger partial charge < -0.3 is 25.3 Å². The van der Waals surface area contributed by atoms with Crippen LogP contribution in [0.25, 0.3) is 12.2 Å². The SMILES string of the molecule is COc1cc(C=Cc2ccc(O)c(C=[N+]([O-])C(O)c3ccccc3)c2)ccc1O. The molecule has 0 saturated carbocycles. The minimum Gasteiger partial charge on any atom is -0.622 e. The van der Waals surface area contributed by atoms with Crippen molar-refractivity contribution in [1.29, 1.82) is 0 Å². The number of hydrogen-bond acceptors (Lipinski definition) is 5. The Labute approximate surface area is 168 Å². The van der Waals surface area contributed by atoms with E-state index >= 15 is 0 Å². The molecule has 6 heteroatoms. The van der Waals surface area contributed by atoms with Crippen LogP contribution >= 0.6 is 0 Å². The Kier molecular flexibility index (Phi) is 6.16. The second-order valence-corrected chi connectivity index (χ2v) is 6.36. The van der Waals surface area contributed by atoms with Crippen molar-refractivity contribution in [1.82, 2.24) is 0 Å². The molecular formula is C23H21NO5. The molecule has 0 heterocycles. The van der Waals surface area contributed by atoms with E-state index in [9.17, 15) is 20.5 Å². The van der Waals surface area contributed by atoms with Crippen molar-refractivity contribution < 1.29 is 24.8 Å². The first-order valence-corrected chi connectivity index (χ1v) is 8.89. The topological polar surface area (TPSA) is 96.0 Å². The average molecular weight is 391 g/mol. The Morgan fingerprint density at radius 2 is 1.52 bits per heavy atom. The molecule has 3 aromatic carbocycles. The highest BCUT2D eigenvalue weighted by Crippen LogP contribution is 2.27. The lowest BCUT2D eigenvalue weighted by molar-refractivity contribution is -0.555. The van der Waals surface area contributed by atoms with E-state index in [1.54, 1.807) is 60.7 Å². The number of ether oxygens (including phenoxy) is 1. The van der Waals surface area contributed by atoms with E-state index in [0.29, 0.717) is 16.1 Å². The van der Waals surface area contributed by atoms with Crippen LogP contribution in [0, 0.1) is 5.21 Å². The summed E-state index contributed by atoms with van der Waals surface area (Å²) < 4.78 is 5.48. The van der Waals surface area contributed by atoms with Gasteiger partial charge in [0.25, 0.3) is 6.23 Å². The van der Waals surface area contributed by atoms with Gasteiger partial charge >= 0.3 is 0 Å². The van der Waals surface area contributed by atoms with E-state index in [1.165, 1.54) is 19.2 Å². The standard InChI is InChI=1S/C23H21NO5/c1-29-22-14-17(10-12-21(22)26)8-7-16-9-11-20(25)19(13-16)15-24(28)23(27)18-5-3-2-4-6-18/h2-15,23,25-27H,1H3. The van der Waals surface area contributed by atoms with Crippen LogP contribution in [0.15, 0.2) is 66.7 Å². The molecule has 0 aliphatic carbocycles. The highest BCUT2D eigenvalue weighted by Gasteiger charge is 2.15. The lowest BCUT2D eigenvalue weighted by atomic mass is 10.1. The third-order valence-electron chi connectivity index (χ3n) is 4.33. The van der Waals surface area contributed by atoms with Crippen LogP contribution < -0.4 is 4.74 Å². The van der Waals surface area contributed by atoms with Crippen molar-refractivity contribution in [3.05, 3.63) is 94.2 Å². The zero-order chi connectivity index (χ0) is 20.8. The van der Waals surface area contributed by atoms with Gasteiger partial charge in [0.15, 0.2) is 17.7 Å². The highest BCUT2D eigenvalue weighted by molar-refractivity contribution is 5.82. The van der Waals surface area contributed by atoms with Crippen molar-refractivity contribution in [2.24, 2.45) is 0 Å². The molecule has 0 amide bonds. The Bertz CT molecular complexity index is 1040. The summed E-state index contributed by atoms with van der Waals surface area (Å²) in [5.41, 5.74) is 2.28. The summed E-state index contributed by atoms with van der Waals surface area (Å²) in [6, 6.07) is 18.3. The molecule has 0 fully saturated rings. The van der Waals surface area contributed by atoms with E-state index in [1.807, 2.05) is 6.08 Å². The maximum atomic E-state index is 12.3. The van der Waals surface area contributed by atoms with E-state index in [-0.39, 0.29) is 17.1 Å². The van der Waals surface area contributed by atoms with Gasteiger partial charge in [0.2, 0.25) is 0 Å². The number of phenolic OH excluding ortho intramolecular Hbond substituents is 2. The first-order chi connectivity index (χ1) is 14.0. The number of methoxy groups -OCH3 is 1. The van der Waals surface area contributed by atoms with Crippen LogP contribution in [0.2, 0.25) is 0 Å². The quantitative estimate of drug-likeness (QED) is 0.148. The molecule has 0 saturated heterocycles. The highest BCUT2D eigenvalue weighted by atomic mass is 16.5. The smallest absolute Gasteiger partial charge is 0.292 e. The van der Waals surface area contributed by atoms with Gasteiger partial charge in [-0.2, -0.15) is 4.74 Å². The molecule has 6 nitrogen and oxygen atoms in total. The Balaban J connectivity index is 1.84. The molecule has 0 aliphatic heterocycles. The third kappa shape index (κ3) is 4.94. The van der Waals surface area contributed by atoms with Crippen LogP contribution in [0.5, 0.6) is 17.2 Å². The number of aromatic hydroxyl groups is 2. The molecule has 29 heavy (non-hydrogen) atoms. The van der Waals surface area contributed by atoms with Gasteiger partial charge in [0.1, 0.15) is 5.75 Å². The van der Waals surface area contributed by atoms with Crippen molar-refractivity contribution in [2.45, 2.75) is 6.23 Å². The second kappa shape index (κ2) is 8.95. The van der Waals surface area contributed by atoms with Gasteiger partial charge in [-0.05, 0) is 47.5 Å². The normalized spacial score (nSPS) is 12.8. The molecule has 0 aliphatic rings. The summed E-state index contributed by atoms with van der Waals surface area (Å²) in [4.78, 5) is 0. The monoisotopic (exact) mass is 391 g/mol. The number of aliphatic hydroxyl groups is 1. The first-order valence-electron chi connectivity index (χ1n) is 8.89. The number of benzene rings is 3. The van der Waals surface area contributed by atoms with Crippen LogP contribution in [0.4, 0.5) is 0 Å². The van der Waals surface area contributed by atoms with E-state index < -0.39 is 6.23 Å². The lowest BCUT2D eigenvalue weighted by Crippen LogP contribution is -2.14. The van der Waals surface area contributed by atoms with E-state index in [0.717, 1.165) is 17.3 Å². The maximum absolute atomic E-state index is 12.3. The summed E-state index contributed by atoms with van der Waals surface area (Å²) in [6.45, 7) is 0. The zero-order valence-corrected chi connectivity index (χ0v) is 15.8. The molecule has 3 N–H and O–H groups in total. The zero-order valence-electron chi connectivity index (χ0n) is 15.8. The fourth-order valence-electron chi connectivity index (χ4n) is 2.75. The third-order valence-corrected chi connectivity index (χ3v) is 4.33. The molecule has 0 radical (unpaired) electrons. The number of rotatable bonds is 6. The summed E-state index contributed by atoms with van der Waals surface area (Å²) in [5.74, 6) is 0.344. The Morgan fingerprint density at radius 3 is 2.17 bits per heavy atom. The van der Waals surface area contributed by atoms with Crippen LogP contribution in [-0.4, -0.2) is 33.4 Å². The fourth-order valence-corrected chi connectivity index (χ4v) is 2.75. The Morgan fingerprint density at radius 1 is 0.897 bits per heavy atom. The van der Waals surface area contributed by atoms with Gasteiger partial charge in [-0.15, -0.1) is 0 Å². The molecule has 1 unspecified atom stereocenters.